The van der Waals surface area contributed by atoms with Gasteiger partial charge in [-0.25, -0.2) is 5.01 Å². The molecule has 18 heavy (non-hydrogen) atoms. The number of anilines is 1. The third-order valence-corrected chi connectivity index (χ3v) is 5.35. The van der Waals surface area contributed by atoms with Gasteiger partial charge in [0.1, 0.15) is 0 Å². The second kappa shape index (κ2) is 5.64. The second-order valence-electron chi connectivity index (χ2n) is 3.43. The molecule has 0 bridgehead atoms. The lowest BCUT2D eigenvalue weighted by molar-refractivity contribution is -0.0571. The van der Waals surface area contributed by atoms with Crippen molar-refractivity contribution in [1.82, 2.24) is 0 Å². The van der Waals surface area contributed by atoms with E-state index in [1.54, 1.807) is 0 Å². The highest BCUT2D eigenvalue weighted by Crippen LogP contribution is 2.29. The standard InChI is InChI=1S/C10H8BrF3IN3/c11-5-7-1-3-8(4-2-7)18-6-15-9(16-17-18)10(12,13)14/h1-4H,5-6H2. The van der Waals surface area contributed by atoms with E-state index in [0.717, 1.165) is 16.6 Å². The minimum absolute atomic E-state index is 0.297. The van der Waals surface area contributed by atoms with Crippen molar-refractivity contribution in [2.75, 3.05) is 9.56 Å². The van der Waals surface area contributed by atoms with Crippen molar-refractivity contribution in [2.24, 2.45) is 10.3 Å². The highest BCUT2D eigenvalue weighted by Gasteiger charge is 2.36. The number of nitrogens with zero attached hydrogens (tertiary/aromatic N) is 3. The maximum Gasteiger partial charge on any atom is 0.440 e. The van der Waals surface area contributed by atoms with Crippen LogP contribution >= 0.6 is 36.7 Å². The third-order valence-electron chi connectivity index (χ3n) is 2.16. The minimum atomic E-state index is -4.33. The maximum atomic E-state index is 12.4. The van der Waals surface area contributed by atoms with E-state index in [4.69, 9.17) is 0 Å². The Bertz CT molecular complexity index is 484. The molecule has 1 heterocycles. The van der Waals surface area contributed by atoms with E-state index in [2.05, 4.69) is 26.3 Å². The van der Waals surface area contributed by atoms with Crippen LogP contribution in [0.25, 0.3) is 0 Å². The molecule has 0 atom stereocenters. The van der Waals surface area contributed by atoms with Crippen molar-refractivity contribution < 1.29 is 13.2 Å². The Morgan fingerprint density at radius 3 is 2.39 bits per heavy atom. The zero-order chi connectivity index (χ0) is 13.2. The van der Waals surface area contributed by atoms with Gasteiger partial charge in [-0.15, -0.1) is 5.11 Å². The normalized spacial score (nSPS) is 16.2. The number of hydrogen-bond donors (Lipinski definition) is 0. The van der Waals surface area contributed by atoms with E-state index in [0.29, 0.717) is 4.55 Å². The summed E-state index contributed by atoms with van der Waals surface area (Å²) < 4.78 is 36.7. The first-order valence-corrected chi connectivity index (χ1v) is 8.60. The summed E-state index contributed by atoms with van der Waals surface area (Å²) in [4.78, 5) is 0. The van der Waals surface area contributed by atoms with Crippen molar-refractivity contribution in [1.29, 1.82) is 0 Å². The summed E-state index contributed by atoms with van der Waals surface area (Å²) in [6.45, 7) is 0. The average molecular weight is 434 g/mol. The van der Waals surface area contributed by atoms with Crippen LogP contribution in [0, 0.1) is 0 Å². The van der Waals surface area contributed by atoms with Gasteiger partial charge in [-0.2, -0.15) is 13.2 Å². The van der Waals surface area contributed by atoms with Gasteiger partial charge < -0.3 is 0 Å². The average Bonchev–Trinajstić information content (AvgIpc) is 2.38. The molecule has 0 radical (unpaired) electrons. The van der Waals surface area contributed by atoms with E-state index < -0.39 is 30.5 Å². The number of hydrogen-bond acceptors (Lipinski definition) is 3. The Hall–Kier alpha value is -0.510. The smallest absolute Gasteiger partial charge is 0.237 e. The van der Waals surface area contributed by atoms with E-state index in [9.17, 15) is 13.2 Å². The van der Waals surface area contributed by atoms with Crippen molar-refractivity contribution >= 4 is 46.0 Å². The summed E-state index contributed by atoms with van der Waals surface area (Å²) >= 11 is 2.16. The predicted molar refractivity (Wildman–Crippen MR) is 76.4 cm³/mol. The van der Waals surface area contributed by atoms with Crippen molar-refractivity contribution in [3.05, 3.63) is 29.8 Å². The molecule has 2 rings (SSSR count). The molecule has 0 saturated heterocycles. The van der Waals surface area contributed by atoms with E-state index in [1.807, 2.05) is 24.3 Å². The molecule has 0 unspecified atom stereocenters. The molecule has 1 aromatic carbocycles. The Balaban J connectivity index is 2.10. The van der Waals surface area contributed by atoms with Crippen LogP contribution in [0.15, 0.2) is 34.6 Å². The zero-order valence-corrected chi connectivity index (χ0v) is 12.7. The monoisotopic (exact) mass is 433 g/mol. The zero-order valence-electron chi connectivity index (χ0n) is 8.96. The molecule has 0 N–H and O–H groups in total. The van der Waals surface area contributed by atoms with Crippen molar-refractivity contribution in [3.8, 4) is 0 Å². The highest BCUT2D eigenvalue weighted by atomic mass is 127. The summed E-state index contributed by atoms with van der Waals surface area (Å²) in [6, 6.07) is 7.47. The highest BCUT2D eigenvalue weighted by molar-refractivity contribution is 14.2. The topological polar surface area (TPSA) is 28.0 Å². The molecular formula is C10H8BrF3IN3. The Morgan fingerprint density at radius 1 is 1.28 bits per heavy atom. The summed E-state index contributed by atoms with van der Waals surface area (Å²) in [5.74, 6) is 0. The quantitative estimate of drug-likeness (QED) is 0.386. The fourth-order valence-corrected chi connectivity index (χ4v) is 3.50. The molecule has 0 aliphatic carbocycles. The van der Waals surface area contributed by atoms with Gasteiger partial charge in [0.05, 0.1) is 10.2 Å². The van der Waals surface area contributed by atoms with Gasteiger partial charge >= 0.3 is 6.18 Å². The first kappa shape index (κ1) is 13.9. The Labute approximate surface area is 120 Å². The van der Waals surface area contributed by atoms with Crippen LogP contribution < -0.4 is 5.01 Å². The van der Waals surface area contributed by atoms with Gasteiger partial charge in [-0.1, -0.05) is 54.0 Å². The molecule has 0 aromatic heterocycles. The molecule has 1 aliphatic rings. The number of benzene rings is 1. The first-order chi connectivity index (χ1) is 8.50. The fraction of sp³-hybridized carbons (Fsp3) is 0.300. The van der Waals surface area contributed by atoms with Crippen LogP contribution in [-0.4, -0.2) is 14.4 Å². The van der Waals surface area contributed by atoms with Crippen LogP contribution in [-0.2, 0) is 5.33 Å². The minimum Gasteiger partial charge on any atom is -0.237 e. The van der Waals surface area contributed by atoms with Gasteiger partial charge in [0.2, 0.25) is 0 Å². The van der Waals surface area contributed by atoms with Gasteiger partial charge in [0.25, 0.3) is 0 Å². The van der Waals surface area contributed by atoms with Gasteiger partial charge in [0.15, 0.2) is 3.63 Å². The van der Waals surface area contributed by atoms with Crippen LogP contribution in [0.4, 0.5) is 18.9 Å². The lowest BCUT2D eigenvalue weighted by Crippen LogP contribution is -2.25. The molecule has 0 fully saturated rings. The lowest BCUT2D eigenvalue weighted by atomic mass is 10.2. The van der Waals surface area contributed by atoms with Gasteiger partial charge in [-0.3, -0.25) is 0 Å². The SMILES string of the molecule is FC(F)(F)C1=ICN(c2ccc(CBr)cc2)N=N1. The molecule has 8 heteroatoms. The van der Waals surface area contributed by atoms with Crippen LogP contribution in [0.3, 0.4) is 0 Å². The van der Waals surface area contributed by atoms with Crippen molar-refractivity contribution in [3.63, 3.8) is 0 Å². The van der Waals surface area contributed by atoms with Gasteiger partial charge in [0, 0.05) is 5.33 Å². The molecule has 0 spiro atoms. The molecule has 1 aromatic rings. The Kier molecular flexibility index (Phi) is 4.36. The maximum absolute atomic E-state index is 12.4. The lowest BCUT2D eigenvalue weighted by Gasteiger charge is -2.19. The number of alkyl halides is 5. The van der Waals surface area contributed by atoms with Crippen LogP contribution in [0.5, 0.6) is 0 Å². The molecule has 0 amide bonds. The summed E-state index contributed by atoms with van der Waals surface area (Å²) in [5, 5.41) is 9.16. The molecular weight excluding hydrogens is 426 g/mol. The van der Waals surface area contributed by atoms with Crippen LogP contribution in [0.1, 0.15) is 5.56 Å². The fourth-order valence-electron chi connectivity index (χ4n) is 1.27. The molecule has 0 saturated carbocycles. The van der Waals surface area contributed by atoms with Gasteiger partial charge in [-0.05, 0) is 17.7 Å². The van der Waals surface area contributed by atoms with E-state index in [-0.39, 0.29) is 0 Å². The largest absolute Gasteiger partial charge is 0.440 e. The van der Waals surface area contributed by atoms with E-state index in [1.165, 1.54) is 5.01 Å². The summed E-state index contributed by atoms with van der Waals surface area (Å²) in [5.41, 5.74) is 1.87. The number of halogens is 5. The van der Waals surface area contributed by atoms with Crippen LogP contribution in [0.2, 0.25) is 0 Å². The number of rotatable bonds is 2. The Morgan fingerprint density at radius 2 is 1.94 bits per heavy atom. The summed E-state index contributed by atoms with van der Waals surface area (Å²) in [6.07, 6.45) is -4.33. The van der Waals surface area contributed by atoms with E-state index >= 15 is 0 Å². The second-order valence-corrected chi connectivity index (χ2v) is 6.46. The summed E-state index contributed by atoms with van der Waals surface area (Å²) in [7, 11) is 0. The predicted octanol–water partition coefficient (Wildman–Crippen LogP) is 4.39. The van der Waals surface area contributed by atoms with Crippen molar-refractivity contribution in [2.45, 2.75) is 11.5 Å². The third kappa shape index (κ3) is 3.28. The molecule has 1 aliphatic heterocycles. The first-order valence-electron chi connectivity index (χ1n) is 4.88. The molecule has 3 nitrogen and oxygen atoms in total. The molecule has 98 valence electrons.